The van der Waals surface area contributed by atoms with Crippen molar-refractivity contribution in [2.24, 2.45) is 5.92 Å². The predicted molar refractivity (Wildman–Crippen MR) is 167 cm³/mol. The first-order valence-corrected chi connectivity index (χ1v) is 17.0. The summed E-state index contributed by atoms with van der Waals surface area (Å²) in [6, 6.07) is 6.55. The number of pyridine rings is 1. The number of anilines is 4. The van der Waals surface area contributed by atoms with Crippen molar-refractivity contribution in [2.45, 2.75) is 64.3 Å². The highest BCUT2D eigenvalue weighted by Gasteiger charge is 2.38. The number of hydrogen-bond donors (Lipinski definition) is 3. The molecule has 1 aliphatic heterocycles. The molecule has 3 N–H and O–H groups in total. The zero-order chi connectivity index (χ0) is 33.9. The summed E-state index contributed by atoms with van der Waals surface area (Å²) in [4.78, 5) is 38.4. The van der Waals surface area contributed by atoms with E-state index in [9.17, 15) is 32.4 Å². The topological polar surface area (TPSA) is 156 Å². The molecular weight excluding hydrogens is 640 g/mol. The highest BCUT2D eigenvalue weighted by molar-refractivity contribution is 7.53. The zero-order valence-electron chi connectivity index (χ0n) is 26.1. The minimum absolute atomic E-state index is 0.0403. The van der Waals surface area contributed by atoms with E-state index in [1.54, 1.807) is 45.2 Å². The van der Waals surface area contributed by atoms with Gasteiger partial charge in [-0.2, -0.15) is 18.2 Å². The number of benzene rings is 1. The molecule has 47 heavy (non-hydrogen) atoms. The summed E-state index contributed by atoms with van der Waals surface area (Å²) < 4.78 is 65.7. The summed E-state index contributed by atoms with van der Waals surface area (Å²) in [5, 5.41) is 15.0. The third-order valence-corrected chi connectivity index (χ3v) is 10.3. The number of nitrogens with one attached hydrogen (secondary N) is 2. The number of aliphatic carboxylic acids is 1. The number of nitrogens with zero attached hydrogens (tertiary/aromatic N) is 4. The summed E-state index contributed by atoms with van der Waals surface area (Å²) in [6.07, 6.45) is -0.484. The average Bonchev–Trinajstić information content (AvgIpc) is 3.32. The van der Waals surface area contributed by atoms with Crippen LogP contribution in [-0.2, 0) is 37.3 Å². The lowest BCUT2D eigenvalue weighted by Gasteiger charge is -2.28. The molecular formula is C31H36F3N6O6P. The van der Waals surface area contributed by atoms with Crippen LogP contribution in [0.4, 0.5) is 36.3 Å². The van der Waals surface area contributed by atoms with Gasteiger partial charge in [0.25, 0.3) is 5.91 Å². The number of fused-ring (bicyclic) bond motifs is 1. The smallest absolute Gasteiger partial charge is 0.421 e. The Morgan fingerprint density at radius 2 is 1.74 bits per heavy atom. The molecule has 0 unspecified atom stereocenters. The Morgan fingerprint density at radius 3 is 2.34 bits per heavy atom. The van der Waals surface area contributed by atoms with Crippen molar-refractivity contribution < 1.29 is 41.5 Å². The van der Waals surface area contributed by atoms with Gasteiger partial charge in [-0.3, -0.25) is 19.1 Å². The van der Waals surface area contributed by atoms with Crippen molar-refractivity contribution in [1.82, 2.24) is 19.9 Å². The van der Waals surface area contributed by atoms with Gasteiger partial charge in [-0.05, 0) is 74.8 Å². The molecule has 0 saturated heterocycles. The summed E-state index contributed by atoms with van der Waals surface area (Å²) >= 11 is 0. The van der Waals surface area contributed by atoms with Crippen molar-refractivity contribution in [1.29, 1.82) is 0 Å². The van der Waals surface area contributed by atoms with Crippen LogP contribution in [0.1, 0.15) is 78.2 Å². The van der Waals surface area contributed by atoms with Crippen LogP contribution in [0.15, 0.2) is 36.7 Å². The lowest BCUT2D eigenvalue weighted by molar-refractivity contribution is -0.143. The number of carbonyl (C=O) groups is 2. The second-order valence-electron chi connectivity index (χ2n) is 11.5. The van der Waals surface area contributed by atoms with E-state index in [2.05, 4.69) is 25.6 Å². The third-order valence-electron chi connectivity index (χ3n) is 8.26. The van der Waals surface area contributed by atoms with Gasteiger partial charge < -0.3 is 29.7 Å². The Morgan fingerprint density at radius 1 is 1.04 bits per heavy atom. The highest BCUT2D eigenvalue weighted by atomic mass is 31.2. The number of rotatable bonds is 12. The first kappa shape index (κ1) is 34.3. The number of carbonyl (C=O) groups excluding carboxylic acids is 1. The maximum atomic E-state index is 14.1. The second-order valence-corrected chi connectivity index (χ2v) is 13.5. The molecule has 1 aliphatic carbocycles. The summed E-state index contributed by atoms with van der Waals surface area (Å²) in [5.74, 6) is -2.22. The molecule has 12 nitrogen and oxygen atoms in total. The van der Waals surface area contributed by atoms with Gasteiger partial charge in [-0.15, -0.1) is 0 Å². The second kappa shape index (κ2) is 14.0. The van der Waals surface area contributed by atoms with Gasteiger partial charge in [-0.1, -0.05) is 6.07 Å². The molecule has 16 heteroatoms. The molecule has 0 bridgehead atoms. The Hall–Kier alpha value is -4.07. The SMILES string of the molecule is CCOP(=O)(Cc1ccc(Nc2ncc(C(F)(F)F)c(Nc3ccc(C4CCC(C(=O)O)CC4)c4c3C(=O)N(C)C4)n2)cn1)OCC. The van der Waals surface area contributed by atoms with Gasteiger partial charge in [-0.25, -0.2) is 4.98 Å². The molecule has 1 amide bonds. The van der Waals surface area contributed by atoms with Crippen LogP contribution in [0, 0.1) is 5.92 Å². The molecule has 2 aliphatic rings. The summed E-state index contributed by atoms with van der Waals surface area (Å²) in [7, 11) is -1.77. The van der Waals surface area contributed by atoms with Crippen LogP contribution in [0.2, 0.25) is 0 Å². The fourth-order valence-corrected chi connectivity index (χ4v) is 7.66. The largest absolute Gasteiger partial charge is 0.481 e. The number of amides is 1. The van der Waals surface area contributed by atoms with Crippen LogP contribution in [-0.4, -0.2) is 57.1 Å². The van der Waals surface area contributed by atoms with E-state index in [1.807, 2.05) is 0 Å². The molecule has 3 aromatic rings. The van der Waals surface area contributed by atoms with Crippen molar-refractivity contribution in [3.63, 3.8) is 0 Å². The number of alkyl halides is 3. The number of aromatic nitrogens is 3. The summed E-state index contributed by atoms with van der Waals surface area (Å²) in [5.41, 5.74) is 1.73. The van der Waals surface area contributed by atoms with Gasteiger partial charge in [0.2, 0.25) is 5.95 Å². The monoisotopic (exact) mass is 676 g/mol. The molecule has 0 atom stereocenters. The predicted octanol–water partition coefficient (Wildman–Crippen LogP) is 7.09. The fraction of sp³-hybridized carbons (Fsp3) is 0.452. The van der Waals surface area contributed by atoms with Crippen LogP contribution >= 0.6 is 7.60 Å². The van der Waals surface area contributed by atoms with Crippen LogP contribution < -0.4 is 10.6 Å². The lowest BCUT2D eigenvalue weighted by Crippen LogP contribution is -2.21. The average molecular weight is 677 g/mol. The van der Waals surface area contributed by atoms with E-state index in [4.69, 9.17) is 9.05 Å². The van der Waals surface area contributed by atoms with Crippen molar-refractivity contribution in [3.05, 3.63) is 64.6 Å². The highest BCUT2D eigenvalue weighted by Crippen LogP contribution is 2.51. The van der Waals surface area contributed by atoms with E-state index in [0.717, 1.165) is 5.56 Å². The Bertz CT molecular complexity index is 1670. The molecule has 5 rings (SSSR count). The van der Waals surface area contributed by atoms with Gasteiger partial charge >= 0.3 is 19.7 Å². The Balaban J connectivity index is 1.41. The maximum Gasteiger partial charge on any atom is 0.421 e. The molecule has 252 valence electrons. The van der Waals surface area contributed by atoms with Crippen LogP contribution in [0.3, 0.4) is 0 Å². The van der Waals surface area contributed by atoms with E-state index in [0.29, 0.717) is 48.8 Å². The summed E-state index contributed by atoms with van der Waals surface area (Å²) in [6.45, 7) is 4.09. The molecule has 1 fully saturated rings. The molecule has 1 aromatic carbocycles. The quantitative estimate of drug-likeness (QED) is 0.168. The van der Waals surface area contributed by atoms with Gasteiger partial charge in [0, 0.05) is 19.8 Å². The first-order valence-electron chi connectivity index (χ1n) is 15.3. The maximum absolute atomic E-state index is 14.1. The molecule has 0 radical (unpaired) electrons. The van der Waals surface area contributed by atoms with Crippen molar-refractivity contribution in [3.8, 4) is 0 Å². The van der Waals surface area contributed by atoms with E-state index in [-0.39, 0.29) is 54.9 Å². The van der Waals surface area contributed by atoms with Crippen LogP contribution in [0.5, 0.6) is 0 Å². The Kier molecular flexibility index (Phi) is 10.2. The third kappa shape index (κ3) is 7.74. The number of carboxylic acids is 1. The molecule has 1 saturated carbocycles. The minimum atomic E-state index is -4.80. The zero-order valence-corrected chi connectivity index (χ0v) is 27.0. The van der Waals surface area contributed by atoms with Gasteiger partial charge in [0.1, 0.15) is 11.4 Å². The Labute approximate surface area is 269 Å². The van der Waals surface area contributed by atoms with E-state index < -0.39 is 37.0 Å². The van der Waals surface area contributed by atoms with Gasteiger partial charge in [0.05, 0.1) is 54.1 Å². The molecule has 3 heterocycles. The molecule has 2 aromatic heterocycles. The fourth-order valence-electron chi connectivity index (χ4n) is 6.03. The number of halogens is 3. The minimum Gasteiger partial charge on any atom is -0.481 e. The van der Waals surface area contributed by atoms with E-state index >= 15 is 0 Å². The number of carboxylic acid groups (broad SMARTS) is 1. The van der Waals surface area contributed by atoms with Crippen LogP contribution in [0.25, 0.3) is 0 Å². The van der Waals surface area contributed by atoms with E-state index in [1.165, 1.54) is 11.1 Å². The lowest BCUT2D eigenvalue weighted by atomic mass is 9.77. The van der Waals surface area contributed by atoms with Crippen molar-refractivity contribution in [2.75, 3.05) is 30.9 Å². The molecule has 0 spiro atoms. The van der Waals surface area contributed by atoms with Gasteiger partial charge in [0.15, 0.2) is 0 Å². The normalized spacial score (nSPS) is 18.3. The first-order chi connectivity index (χ1) is 22.3. The number of hydrogen-bond acceptors (Lipinski definition) is 10. The van der Waals surface area contributed by atoms with Crippen molar-refractivity contribution >= 4 is 42.6 Å². The standard InChI is InChI=1S/C31H36F3N6O6P/c1-4-45-47(44,46-5-2)17-21-11-10-20(14-35-21)37-30-36-15-24(31(32,33)34)27(39-30)38-25-13-12-22(23-16-40(3)28(41)26(23)25)18-6-8-19(9-7-18)29(42)43/h10-15,18-19H,4-9,16-17H2,1-3H3,(H,42,43)(H2,36,37,38,39).